The molecule has 1 saturated heterocycles. The first-order valence-corrected chi connectivity index (χ1v) is 4.92. The van der Waals surface area contributed by atoms with E-state index in [1.165, 1.54) is 0 Å². The van der Waals surface area contributed by atoms with Gasteiger partial charge < -0.3 is 4.74 Å². The fraction of sp³-hybridized carbons (Fsp3) is 0.700. The normalized spacial score (nSPS) is 14.2. The van der Waals surface area contributed by atoms with Crippen molar-refractivity contribution in [2.75, 3.05) is 13.2 Å². The molecule has 0 amide bonds. The molecule has 13 heavy (non-hydrogen) atoms. The molecule has 0 aliphatic carbocycles. The van der Waals surface area contributed by atoms with Crippen LogP contribution >= 0.6 is 0 Å². The van der Waals surface area contributed by atoms with E-state index in [0.29, 0.717) is 12.5 Å². The summed E-state index contributed by atoms with van der Waals surface area (Å²) in [4.78, 5) is 0. The van der Waals surface area contributed by atoms with E-state index >= 15 is 0 Å². The first-order chi connectivity index (χ1) is 6.34. The van der Waals surface area contributed by atoms with Gasteiger partial charge in [-0.3, -0.25) is 0 Å². The quantitative estimate of drug-likeness (QED) is 0.588. The smallest absolute Gasteiger partial charge is 0.202 e. The molecule has 1 rings (SSSR count). The third-order valence-electron chi connectivity index (χ3n) is 1.11. The van der Waals surface area contributed by atoms with Gasteiger partial charge in [0.25, 0.3) is 0 Å². The number of hydrogen-bond donors (Lipinski definition) is 0. The van der Waals surface area contributed by atoms with E-state index in [1.54, 1.807) is 11.2 Å². The predicted octanol–water partition coefficient (Wildman–Crippen LogP) is 2.85. The molecule has 0 spiro atoms. The van der Waals surface area contributed by atoms with Crippen molar-refractivity contribution >= 4 is 6.21 Å². The molecule has 1 aliphatic rings. The minimum absolute atomic E-state index is 0.646. The Hall–Kier alpha value is -0.990. The van der Waals surface area contributed by atoms with Crippen LogP contribution in [0.25, 0.3) is 0 Å². The molecule has 1 fully saturated rings. The van der Waals surface area contributed by atoms with Gasteiger partial charge in [0, 0.05) is 6.21 Å². The van der Waals surface area contributed by atoms with Crippen LogP contribution < -0.4 is 0 Å². The maximum atomic E-state index is 5.04. The Labute approximate surface area is 82.1 Å². The second-order valence-corrected chi connectivity index (χ2v) is 1.74. The molecule has 3 nitrogen and oxygen atoms in total. The standard InChI is InChI=1S/C6H10N2O.2C2H6/c1-3-7-8-4-5-9-6(8)2;2*1-2/h3H,2,4-5H2,1H3;2*1-2H3/b7-3-;;. The Morgan fingerprint density at radius 2 is 1.92 bits per heavy atom. The highest BCUT2D eigenvalue weighted by atomic mass is 16.5. The number of hydrogen-bond acceptors (Lipinski definition) is 3. The van der Waals surface area contributed by atoms with E-state index < -0.39 is 0 Å². The lowest BCUT2D eigenvalue weighted by molar-refractivity contribution is 0.239. The van der Waals surface area contributed by atoms with Gasteiger partial charge in [0.1, 0.15) is 6.61 Å². The van der Waals surface area contributed by atoms with Crippen LogP contribution in [-0.2, 0) is 4.74 Å². The summed E-state index contributed by atoms with van der Waals surface area (Å²) < 4.78 is 5.04. The van der Waals surface area contributed by atoms with Crippen LogP contribution in [0.1, 0.15) is 34.6 Å². The molecule has 1 aliphatic heterocycles. The van der Waals surface area contributed by atoms with Crippen LogP contribution in [0, 0.1) is 0 Å². The van der Waals surface area contributed by atoms with Crippen LogP contribution in [0.3, 0.4) is 0 Å². The van der Waals surface area contributed by atoms with Gasteiger partial charge in [-0.2, -0.15) is 5.10 Å². The van der Waals surface area contributed by atoms with E-state index in [0.717, 1.165) is 6.54 Å². The largest absolute Gasteiger partial charge is 0.476 e. The van der Waals surface area contributed by atoms with Crippen molar-refractivity contribution in [2.45, 2.75) is 34.6 Å². The summed E-state index contributed by atoms with van der Waals surface area (Å²) in [5, 5.41) is 5.72. The zero-order valence-electron chi connectivity index (χ0n) is 9.50. The zero-order valence-corrected chi connectivity index (χ0v) is 9.50. The number of hydrazone groups is 1. The van der Waals surface area contributed by atoms with E-state index in [1.807, 2.05) is 34.6 Å². The van der Waals surface area contributed by atoms with Crippen molar-refractivity contribution in [1.82, 2.24) is 5.01 Å². The monoisotopic (exact) mass is 186 g/mol. The van der Waals surface area contributed by atoms with E-state index in [9.17, 15) is 0 Å². The summed E-state index contributed by atoms with van der Waals surface area (Å²) >= 11 is 0. The predicted molar refractivity (Wildman–Crippen MR) is 58.7 cm³/mol. The molecule has 78 valence electrons. The highest BCUT2D eigenvalue weighted by molar-refractivity contribution is 5.52. The van der Waals surface area contributed by atoms with Gasteiger partial charge in [-0.25, -0.2) is 5.01 Å². The van der Waals surface area contributed by atoms with Crippen molar-refractivity contribution < 1.29 is 4.74 Å². The van der Waals surface area contributed by atoms with E-state index in [2.05, 4.69) is 11.7 Å². The molecule has 0 bridgehead atoms. The lowest BCUT2D eigenvalue weighted by atomic mass is 10.7. The molecule has 0 N–H and O–H groups in total. The second-order valence-electron chi connectivity index (χ2n) is 1.74. The molecule has 0 aromatic heterocycles. The molecule has 1 heterocycles. The maximum absolute atomic E-state index is 5.04. The van der Waals surface area contributed by atoms with Gasteiger partial charge in [0.05, 0.1) is 6.54 Å². The molecule has 0 saturated carbocycles. The molecular formula is C10H22N2O. The number of rotatable bonds is 1. The fourth-order valence-electron chi connectivity index (χ4n) is 0.711. The Morgan fingerprint density at radius 1 is 1.38 bits per heavy atom. The summed E-state index contributed by atoms with van der Waals surface area (Å²) in [5.41, 5.74) is 0. The van der Waals surface area contributed by atoms with Crippen molar-refractivity contribution in [2.24, 2.45) is 5.10 Å². The Bertz CT molecular complexity index is 144. The highest BCUT2D eigenvalue weighted by Gasteiger charge is 2.13. The highest BCUT2D eigenvalue weighted by Crippen LogP contribution is 2.10. The van der Waals surface area contributed by atoms with Crippen LogP contribution in [0.15, 0.2) is 17.6 Å². The zero-order chi connectivity index (χ0) is 10.7. The van der Waals surface area contributed by atoms with Gasteiger partial charge in [-0.05, 0) is 13.5 Å². The van der Waals surface area contributed by atoms with Gasteiger partial charge in [-0.1, -0.05) is 27.7 Å². The molecule has 0 aromatic carbocycles. The third-order valence-corrected chi connectivity index (χ3v) is 1.11. The number of nitrogens with zero attached hydrogens (tertiary/aromatic N) is 2. The molecule has 0 radical (unpaired) electrons. The summed E-state index contributed by atoms with van der Waals surface area (Å²) in [6.45, 7) is 15.0. The van der Waals surface area contributed by atoms with Gasteiger partial charge in [-0.15, -0.1) is 0 Å². The molecule has 0 atom stereocenters. The molecule has 0 aromatic rings. The second kappa shape index (κ2) is 11.0. The summed E-state index contributed by atoms with van der Waals surface area (Å²) in [5.74, 6) is 0.646. The topological polar surface area (TPSA) is 24.8 Å². The Morgan fingerprint density at radius 3 is 2.23 bits per heavy atom. The summed E-state index contributed by atoms with van der Waals surface area (Å²) in [6.07, 6.45) is 1.72. The van der Waals surface area contributed by atoms with E-state index in [4.69, 9.17) is 4.74 Å². The maximum Gasteiger partial charge on any atom is 0.202 e. The van der Waals surface area contributed by atoms with Crippen molar-refractivity contribution in [3.05, 3.63) is 12.5 Å². The summed E-state index contributed by atoms with van der Waals surface area (Å²) in [6, 6.07) is 0. The molecular weight excluding hydrogens is 164 g/mol. The van der Waals surface area contributed by atoms with Gasteiger partial charge in [0.2, 0.25) is 5.88 Å². The van der Waals surface area contributed by atoms with Crippen molar-refractivity contribution in [3.63, 3.8) is 0 Å². The minimum atomic E-state index is 0.646. The SMILES string of the molecule is C=C1OCCN1/N=C\C.CC.CC. The van der Waals surface area contributed by atoms with E-state index in [-0.39, 0.29) is 0 Å². The van der Waals surface area contributed by atoms with Crippen molar-refractivity contribution in [3.8, 4) is 0 Å². The third kappa shape index (κ3) is 6.20. The number of ether oxygens (including phenoxy) is 1. The van der Waals surface area contributed by atoms with Crippen molar-refractivity contribution in [1.29, 1.82) is 0 Å². The molecule has 0 unspecified atom stereocenters. The first-order valence-electron chi connectivity index (χ1n) is 4.92. The van der Waals surface area contributed by atoms with Gasteiger partial charge >= 0.3 is 0 Å². The Kier molecular flexibility index (Phi) is 12.3. The average molecular weight is 186 g/mol. The van der Waals surface area contributed by atoms with Crippen LogP contribution in [0.4, 0.5) is 0 Å². The lowest BCUT2D eigenvalue weighted by Crippen LogP contribution is -2.09. The first kappa shape index (κ1) is 14.5. The van der Waals surface area contributed by atoms with Crippen LogP contribution in [0.2, 0.25) is 0 Å². The minimum Gasteiger partial charge on any atom is -0.476 e. The average Bonchev–Trinajstić information content (AvgIpc) is 2.60. The lowest BCUT2D eigenvalue weighted by Gasteiger charge is -2.06. The summed E-state index contributed by atoms with van der Waals surface area (Å²) in [7, 11) is 0. The van der Waals surface area contributed by atoms with Gasteiger partial charge in [0.15, 0.2) is 0 Å². The molecule has 3 heteroatoms. The fourth-order valence-corrected chi connectivity index (χ4v) is 0.711. The van der Waals surface area contributed by atoms with Crippen LogP contribution in [0.5, 0.6) is 0 Å². The van der Waals surface area contributed by atoms with Crippen LogP contribution in [-0.4, -0.2) is 24.4 Å². The Balaban J connectivity index is 0.